The van der Waals surface area contributed by atoms with E-state index in [0.29, 0.717) is 0 Å². The zero-order valence-corrected chi connectivity index (χ0v) is 3.03. The van der Waals surface area contributed by atoms with Crippen LogP contribution in [-0.2, 0) is 11.7 Å². The Labute approximate surface area is 28.8 Å². The van der Waals surface area contributed by atoms with Crippen LogP contribution in [-0.4, -0.2) is 4.21 Å². The lowest BCUT2D eigenvalue weighted by Crippen LogP contribution is -1.35. The van der Waals surface area contributed by atoms with Crippen LogP contribution < -0.4 is 0 Å². The molecule has 0 fully saturated rings. The summed E-state index contributed by atoms with van der Waals surface area (Å²) in [5.41, 5.74) is 0. The molecule has 24 valence electrons. The molecule has 0 saturated carbocycles. The lowest BCUT2D eigenvalue weighted by atomic mass is 11.3. The summed E-state index contributed by atoms with van der Waals surface area (Å²) in [7, 11) is 0. The standard InChI is InChI=1S/C2H4OS/c1-2-4-3/h2,4H,1H2. The number of hydrogen-bond acceptors (Lipinski definition) is 1. The van der Waals surface area contributed by atoms with Crippen LogP contribution in [0.4, 0.5) is 0 Å². The Morgan fingerprint density at radius 1 is 2.00 bits per heavy atom. The lowest BCUT2D eigenvalue weighted by Gasteiger charge is -1.40. The van der Waals surface area contributed by atoms with Gasteiger partial charge in [0.05, 0.1) is 0 Å². The molecule has 0 aromatic rings. The number of hydrogen-bond donors (Lipinski definition) is 1. The number of rotatable bonds is 1. The fraction of sp³-hybridized carbons (Fsp3) is 0. The third-order valence-electron chi connectivity index (χ3n) is 0.0745. The van der Waals surface area contributed by atoms with Crippen molar-refractivity contribution in [1.29, 1.82) is 0 Å². The normalized spacial score (nSPS) is 6.00. The molecule has 4 heavy (non-hydrogen) atoms. The Balaban J connectivity index is 2.73. The maximum absolute atomic E-state index is 9.15. The molecule has 0 aliphatic carbocycles. The van der Waals surface area contributed by atoms with Crippen LogP contribution in [0.25, 0.3) is 0 Å². The van der Waals surface area contributed by atoms with Crippen molar-refractivity contribution in [3.05, 3.63) is 12.0 Å². The van der Waals surface area contributed by atoms with Crippen molar-refractivity contribution in [1.82, 2.24) is 0 Å². The van der Waals surface area contributed by atoms with Gasteiger partial charge in [0.15, 0.2) is 0 Å². The Kier molecular flexibility index (Phi) is 2.81. The van der Waals surface area contributed by atoms with Crippen molar-refractivity contribution in [2.45, 2.75) is 0 Å². The quantitative estimate of drug-likeness (QED) is 0.437. The minimum Gasteiger partial charge on any atom is -0.258 e. The van der Waals surface area contributed by atoms with Crippen LogP contribution in [0.2, 0.25) is 0 Å². The van der Waals surface area contributed by atoms with Gasteiger partial charge in [0, 0.05) is 11.7 Å². The first-order valence-corrected chi connectivity index (χ1v) is 1.73. The first-order chi connectivity index (χ1) is 1.91. The fourth-order valence-corrected chi connectivity index (χ4v) is 0. The molecule has 0 aromatic carbocycles. The summed E-state index contributed by atoms with van der Waals surface area (Å²) < 4.78 is 9.15. The molecule has 0 aromatic heterocycles. The van der Waals surface area contributed by atoms with Crippen molar-refractivity contribution in [2.75, 3.05) is 0 Å². The maximum atomic E-state index is 9.15. The maximum Gasteiger partial charge on any atom is 0.0316 e. The van der Waals surface area contributed by atoms with E-state index >= 15 is 0 Å². The molecule has 0 unspecified atom stereocenters. The van der Waals surface area contributed by atoms with E-state index in [1.165, 1.54) is 5.41 Å². The summed E-state index contributed by atoms with van der Waals surface area (Å²) in [5, 5.41) is 1.29. The Morgan fingerprint density at radius 2 is 2.25 bits per heavy atom. The average molecular weight is 76.1 g/mol. The van der Waals surface area contributed by atoms with E-state index in [-0.39, 0.29) is 11.7 Å². The minimum atomic E-state index is 0.0123. The van der Waals surface area contributed by atoms with Crippen molar-refractivity contribution < 1.29 is 4.21 Å². The summed E-state index contributed by atoms with van der Waals surface area (Å²) in [5.74, 6) is 0. The molecule has 0 saturated heterocycles. The lowest BCUT2D eigenvalue weighted by molar-refractivity contribution is 0.698. The van der Waals surface area contributed by atoms with E-state index in [0.717, 1.165) is 0 Å². The molecule has 0 radical (unpaired) electrons. The fourth-order valence-electron chi connectivity index (χ4n) is 0. The van der Waals surface area contributed by atoms with Crippen molar-refractivity contribution in [2.24, 2.45) is 0 Å². The van der Waals surface area contributed by atoms with Crippen LogP contribution in [0.3, 0.4) is 0 Å². The summed E-state index contributed by atoms with van der Waals surface area (Å²) >= 11 is 0.0123. The molecule has 0 heterocycles. The van der Waals surface area contributed by atoms with Crippen LogP contribution in [0.1, 0.15) is 0 Å². The first-order valence-electron chi connectivity index (χ1n) is 0.849. The molecule has 0 amide bonds. The summed E-state index contributed by atoms with van der Waals surface area (Å²) in [6.45, 7) is 3.15. The van der Waals surface area contributed by atoms with Gasteiger partial charge in [0.1, 0.15) is 0 Å². The molecular formula is C2H4OS. The van der Waals surface area contributed by atoms with Gasteiger partial charge >= 0.3 is 0 Å². The minimum absolute atomic E-state index is 0.0123. The van der Waals surface area contributed by atoms with Crippen molar-refractivity contribution >= 4 is 11.7 Å². The second kappa shape index (κ2) is 2.89. The zero-order chi connectivity index (χ0) is 3.41. The Bertz CT molecular complexity index is 27.0. The Hall–Kier alpha value is -0.110. The first kappa shape index (κ1) is 3.89. The molecular weight excluding hydrogens is 72.1 g/mol. The van der Waals surface area contributed by atoms with Gasteiger partial charge in [0.2, 0.25) is 0 Å². The van der Waals surface area contributed by atoms with Crippen molar-refractivity contribution in [3.8, 4) is 0 Å². The van der Waals surface area contributed by atoms with Gasteiger partial charge in [-0.1, -0.05) is 6.58 Å². The molecule has 0 N–H and O–H groups in total. The van der Waals surface area contributed by atoms with E-state index in [9.17, 15) is 0 Å². The molecule has 2 heteroatoms. The van der Waals surface area contributed by atoms with Crippen LogP contribution in [0.5, 0.6) is 0 Å². The predicted octanol–water partition coefficient (Wildman–Crippen LogP) is 0.0752. The van der Waals surface area contributed by atoms with Gasteiger partial charge in [-0.15, -0.1) is 0 Å². The van der Waals surface area contributed by atoms with Crippen LogP contribution >= 0.6 is 0 Å². The highest BCUT2D eigenvalue weighted by Crippen LogP contribution is 1.43. The van der Waals surface area contributed by atoms with E-state index in [2.05, 4.69) is 6.58 Å². The monoisotopic (exact) mass is 76.0 g/mol. The largest absolute Gasteiger partial charge is 0.258 e. The smallest absolute Gasteiger partial charge is 0.0316 e. The van der Waals surface area contributed by atoms with E-state index in [1.54, 1.807) is 0 Å². The highest BCUT2D eigenvalue weighted by Gasteiger charge is 1.34. The van der Waals surface area contributed by atoms with E-state index in [4.69, 9.17) is 4.21 Å². The van der Waals surface area contributed by atoms with Gasteiger partial charge in [-0.25, -0.2) is 0 Å². The topological polar surface area (TPSA) is 17.1 Å². The number of thiol groups is 1. The average Bonchev–Trinajstić information content (AvgIpc) is 1.37. The highest BCUT2D eigenvalue weighted by atomic mass is 32.1. The summed E-state index contributed by atoms with van der Waals surface area (Å²) in [4.78, 5) is 0. The van der Waals surface area contributed by atoms with Gasteiger partial charge < -0.3 is 0 Å². The van der Waals surface area contributed by atoms with Gasteiger partial charge in [0.25, 0.3) is 0 Å². The second-order valence-electron chi connectivity index (χ2n) is 0.288. The third-order valence-corrected chi connectivity index (χ3v) is 0.224. The summed E-state index contributed by atoms with van der Waals surface area (Å²) in [6, 6.07) is 0. The second-order valence-corrected chi connectivity index (χ2v) is 0.864. The van der Waals surface area contributed by atoms with E-state index < -0.39 is 0 Å². The highest BCUT2D eigenvalue weighted by molar-refractivity contribution is 7.68. The van der Waals surface area contributed by atoms with Gasteiger partial charge in [-0.3, -0.25) is 4.21 Å². The molecule has 0 aliphatic rings. The van der Waals surface area contributed by atoms with Crippen LogP contribution in [0, 0.1) is 0 Å². The third kappa shape index (κ3) is 1.89. The van der Waals surface area contributed by atoms with Crippen molar-refractivity contribution in [3.63, 3.8) is 0 Å². The molecule has 0 spiro atoms. The molecule has 0 atom stereocenters. The zero-order valence-electron chi connectivity index (χ0n) is 2.14. The van der Waals surface area contributed by atoms with Gasteiger partial charge in [-0.05, 0) is 5.41 Å². The van der Waals surface area contributed by atoms with E-state index in [1.807, 2.05) is 0 Å². The SMILES string of the molecule is C=C[SH]=O. The van der Waals surface area contributed by atoms with Crippen LogP contribution in [0.15, 0.2) is 12.0 Å². The molecule has 1 nitrogen and oxygen atoms in total. The van der Waals surface area contributed by atoms with Gasteiger partial charge in [-0.2, -0.15) is 0 Å². The molecule has 0 bridgehead atoms. The predicted molar refractivity (Wildman–Crippen MR) is 19.7 cm³/mol. The molecule has 0 rings (SSSR count). The molecule has 0 aliphatic heterocycles. The Morgan fingerprint density at radius 3 is 2.25 bits per heavy atom. The summed E-state index contributed by atoms with van der Waals surface area (Å²) in [6.07, 6.45) is 0.